The van der Waals surface area contributed by atoms with E-state index in [4.69, 9.17) is 14.2 Å². The van der Waals surface area contributed by atoms with Crippen LogP contribution in [0, 0.1) is 0 Å². The summed E-state index contributed by atoms with van der Waals surface area (Å²) in [6.45, 7) is 2.07. The van der Waals surface area contributed by atoms with Crippen molar-refractivity contribution in [2.45, 2.75) is 37.6 Å². The zero-order valence-corrected chi connectivity index (χ0v) is 7.23. The van der Waals surface area contributed by atoms with Crippen LogP contribution < -0.4 is 5.32 Å². The Morgan fingerprint density at radius 1 is 1.38 bits per heavy atom. The predicted molar refractivity (Wildman–Crippen MR) is 40.9 cm³/mol. The first-order valence-electron chi connectivity index (χ1n) is 4.45. The van der Waals surface area contributed by atoms with Crippen molar-refractivity contribution >= 4 is 5.91 Å². The van der Waals surface area contributed by atoms with Gasteiger partial charge >= 0.3 is 0 Å². The van der Waals surface area contributed by atoms with Crippen LogP contribution in [0.2, 0.25) is 0 Å². The molecule has 0 radical (unpaired) electrons. The summed E-state index contributed by atoms with van der Waals surface area (Å²) < 4.78 is 16.3. The molecule has 5 atom stereocenters. The molecule has 0 spiro atoms. The highest BCUT2D eigenvalue weighted by Gasteiger charge is 2.61. The van der Waals surface area contributed by atoms with Gasteiger partial charge in [-0.25, -0.2) is 0 Å². The molecule has 5 heteroatoms. The highest BCUT2D eigenvalue weighted by Crippen LogP contribution is 2.41. The van der Waals surface area contributed by atoms with Gasteiger partial charge in [-0.2, -0.15) is 0 Å². The molecule has 3 aliphatic rings. The number of rotatable bonds is 1. The van der Waals surface area contributed by atoms with Gasteiger partial charge in [-0.15, -0.1) is 0 Å². The Balaban J connectivity index is 1.76. The maximum atomic E-state index is 10.9. The second-order valence-electron chi connectivity index (χ2n) is 3.67. The number of hydrogen-bond donors (Lipinski definition) is 1. The first-order chi connectivity index (χ1) is 6.25. The fraction of sp³-hybridized carbons (Fsp3) is 0.875. The normalized spacial score (nSPS) is 51.3. The van der Waals surface area contributed by atoms with Crippen LogP contribution in [-0.4, -0.2) is 43.2 Å². The standard InChI is InChI=1S/C8H11NO4/c1-3(10)9-5-7-6(13-7)4-2-11-8(5)12-4/h4-8H,2H2,1H3,(H,9,10)/t4?,5-,6-,7-,8+/m0/s1. The van der Waals surface area contributed by atoms with Gasteiger partial charge < -0.3 is 19.5 Å². The van der Waals surface area contributed by atoms with Gasteiger partial charge in [-0.05, 0) is 0 Å². The fourth-order valence-electron chi connectivity index (χ4n) is 2.07. The molecule has 3 aliphatic heterocycles. The van der Waals surface area contributed by atoms with Crippen LogP contribution in [-0.2, 0) is 19.0 Å². The van der Waals surface area contributed by atoms with E-state index >= 15 is 0 Å². The summed E-state index contributed by atoms with van der Waals surface area (Å²) in [7, 11) is 0. The highest BCUT2D eigenvalue weighted by molar-refractivity contribution is 5.73. The van der Waals surface area contributed by atoms with Crippen LogP contribution in [0.1, 0.15) is 6.92 Å². The average Bonchev–Trinajstić information content (AvgIpc) is 2.74. The molecule has 0 aromatic carbocycles. The lowest BCUT2D eigenvalue weighted by Gasteiger charge is -2.24. The van der Waals surface area contributed by atoms with Crippen molar-refractivity contribution in [3.8, 4) is 0 Å². The van der Waals surface area contributed by atoms with Crippen molar-refractivity contribution in [1.29, 1.82) is 0 Å². The Labute approximate surface area is 75.3 Å². The molecule has 2 bridgehead atoms. The highest BCUT2D eigenvalue weighted by atomic mass is 16.8. The minimum atomic E-state index is -0.308. The van der Waals surface area contributed by atoms with E-state index < -0.39 is 0 Å². The predicted octanol–water partition coefficient (Wildman–Crippen LogP) is -0.986. The number of carbonyl (C=O) groups is 1. The van der Waals surface area contributed by atoms with Crippen LogP contribution >= 0.6 is 0 Å². The molecule has 0 aliphatic carbocycles. The van der Waals surface area contributed by atoms with E-state index in [9.17, 15) is 4.79 Å². The molecule has 0 saturated carbocycles. The summed E-state index contributed by atoms with van der Waals surface area (Å²) in [5.74, 6) is -0.0724. The van der Waals surface area contributed by atoms with Gasteiger partial charge in [0, 0.05) is 6.92 Å². The van der Waals surface area contributed by atoms with E-state index in [2.05, 4.69) is 5.32 Å². The van der Waals surface area contributed by atoms with Crippen LogP contribution in [0.5, 0.6) is 0 Å². The lowest BCUT2D eigenvalue weighted by atomic mass is 10.1. The maximum absolute atomic E-state index is 10.9. The van der Waals surface area contributed by atoms with Gasteiger partial charge in [0.25, 0.3) is 0 Å². The summed E-state index contributed by atoms with van der Waals surface area (Å²) in [6.07, 6.45) is 0.0170. The van der Waals surface area contributed by atoms with Gasteiger partial charge in [0.2, 0.25) is 5.91 Å². The third-order valence-electron chi connectivity index (χ3n) is 2.68. The summed E-state index contributed by atoms with van der Waals surface area (Å²) >= 11 is 0. The second-order valence-corrected chi connectivity index (χ2v) is 3.67. The summed E-state index contributed by atoms with van der Waals surface area (Å²) in [4.78, 5) is 10.9. The fourth-order valence-corrected chi connectivity index (χ4v) is 2.07. The second kappa shape index (κ2) is 2.43. The molecule has 0 aromatic heterocycles. The van der Waals surface area contributed by atoms with E-state index in [1.165, 1.54) is 6.92 Å². The maximum Gasteiger partial charge on any atom is 0.217 e. The van der Waals surface area contributed by atoms with Crippen LogP contribution in [0.25, 0.3) is 0 Å². The Morgan fingerprint density at radius 2 is 2.23 bits per heavy atom. The summed E-state index contributed by atoms with van der Waals surface area (Å²) in [6, 6.07) is -0.124. The Hall–Kier alpha value is -0.650. The summed E-state index contributed by atoms with van der Waals surface area (Å²) in [5, 5.41) is 2.79. The molecule has 1 unspecified atom stereocenters. The lowest BCUT2D eigenvalue weighted by molar-refractivity contribution is -0.128. The van der Waals surface area contributed by atoms with Crippen molar-refractivity contribution < 1.29 is 19.0 Å². The van der Waals surface area contributed by atoms with Crippen LogP contribution in [0.4, 0.5) is 0 Å². The molecule has 13 heavy (non-hydrogen) atoms. The minimum absolute atomic E-state index is 0.0724. The largest absolute Gasteiger partial charge is 0.364 e. The van der Waals surface area contributed by atoms with Gasteiger partial charge in [0.05, 0.1) is 6.61 Å². The molecular weight excluding hydrogens is 174 g/mol. The van der Waals surface area contributed by atoms with E-state index in [0.717, 1.165) is 0 Å². The summed E-state index contributed by atoms with van der Waals surface area (Å²) in [5.41, 5.74) is 0. The van der Waals surface area contributed by atoms with Gasteiger partial charge in [-0.1, -0.05) is 0 Å². The van der Waals surface area contributed by atoms with Crippen LogP contribution in [0.3, 0.4) is 0 Å². The number of epoxide rings is 1. The molecule has 3 heterocycles. The van der Waals surface area contributed by atoms with Crippen molar-refractivity contribution in [2.24, 2.45) is 0 Å². The van der Waals surface area contributed by atoms with Crippen molar-refractivity contribution in [3.05, 3.63) is 0 Å². The minimum Gasteiger partial charge on any atom is -0.364 e. The molecule has 5 nitrogen and oxygen atoms in total. The quantitative estimate of drug-likeness (QED) is 0.533. The lowest BCUT2D eigenvalue weighted by Crippen LogP contribution is -2.50. The van der Waals surface area contributed by atoms with E-state index in [1.807, 2.05) is 0 Å². The van der Waals surface area contributed by atoms with Gasteiger partial charge in [-0.3, -0.25) is 4.79 Å². The third-order valence-corrected chi connectivity index (χ3v) is 2.68. The number of amides is 1. The van der Waals surface area contributed by atoms with Gasteiger partial charge in [0.15, 0.2) is 6.29 Å². The molecule has 3 fully saturated rings. The number of fused-ring (bicyclic) bond motifs is 4. The van der Waals surface area contributed by atoms with Crippen molar-refractivity contribution in [2.75, 3.05) is 6.61 Å². The van der Waals surface area contributed by atoms with E-state index in [1.54, 1.807) is 0 Å². The Bertz CT molecular complexity index is 257. The number of carbonyl (C=O) groups excluding carboxylic acids is 1. The number of hydrogen-bond acceptors (Lipinski definition) is 4. The van der Waals surface area contributed by atoms with Crippen molar-refractivity contribution in [1.82, 2.24) is 5.32 Å². The van der Waals surface area contributed by atoms with Gasteiger partial charge in [0.1, 0.15) is 24.4 Å². The van der Waals surface area contributed by atoms with Crippen molar-refractivity contribution in [3.63, 3.8) is 0 Å². The third kappa shape index (κ3) is 1.08. The molecule has 1 amide bonds. The van der Waals surface area contributed by atoms with Crippen LogP contribution in [0.15, 0.2) is 0 Å². The Morgan fingerprint density at radius 3 is 3.00 bits per heavy atom. The zero-order chi connectivity index (χ0) is 9.00. The first-order valence-corrected chi connectivity index (χ1v) is 4.45. The number of ether oxygens (including phenoxy) is 3. The monoisotopic (exact) mass is 185 g/mol. The first kappa shape index (κ1) is 7.73. The number of nitrogens with one attached hydrogen (secondary N) is 1. The molecule has 3 rings (SSSR count). The topological polar surface area (TPSA) is 60.1 Å². The zero-order valence-electron chi connectivity index (χ0n) is 7.23. The molecule has 3 saturated heterocycles. The Kier molecular flexibility index (Phi) is 1.45. The SMILES string of the molecule is CC(=O)N[C@@H]1[C@@H]2OCC(O2)[C@@H]2O[C@@H]12. The van der Waals surface area contributed by atoms with E-state index in [-0.39, 0.29) is 36.6 Å². The average molecular weight is 185 g/mol. The smallest absolute Gasteiger partial charge is 0.217 e. The molecule has 72 valence electrons. The molecular formula is C8H11NO4. The molecule has 0 aromatic rings. The van der Waals surface area contributed by atoms with E-state index in [0.29, 0.717) is 6.61 Å². The molecule has 1 N–H and O–H groups in total.